The molecule has 3 aromatic rings. The van der Waals surface area contributed by atoms with Gasteiger partial charge in [-0.25, -0.2) is 0 Å². The second kappa shape index (κ2) is 11.2. The minimum absolute atomic E-state index is 0.235. The Morgan fingerprint density at radius 2 is 1.03 bits per heavy atom. The fourth-order valence-corrected chi connectivity index (χ4v) is 3.59. The summed E-state index contributed by atoms with van der Waals surface area (Å²) in [5.74, 6) is 0. The zero-order valence-corrected chi connectivity index (χ0v) is 17.4. The van der Waals surface area contributed by atoms with Crippen molar-refractivity contribution in [3.8, 4) is 0 Å². The zero-order chi connectivity index (χ0) is 21.3. The Bertz CT molecular complexity index is 887. The molecule has 4 rings (SSSR count). The molecule has 1 N–H and O–H groups in total. The Morgan fingerprint density at radius 3 is 1.52 bits per heavy atom. The fraction of sp³-hybridized carbons (Fsp3) is 0.308. The van der Waals surface area contributed by atoms with Gasteiger partial charge in [0.1, 0.15) is 18.3 Å². The van der Waals surface area contributed by atoms with Crippen LogP contribution in [0.2, 0.25) is 0 Å². The third kappa shape index (κ3) is 6.23. The van der Waals surface area contributed by atoms with Crippen molar-refractivity contribution in [3.05, 3.63) is 108 Å². The number of hydrogen-bond acceptors (Lipinski definition) is 5. The molecule has 0 aliphatic carbocycles. The summed E-state index contributed by atoms with van der Waals surface area (Å²) in [6.45, 7) is 1.41. The molecule has 0 aromatic heterocycles. The number of rotatable bonds is 9. The molecule has 2 unspecified atom stereocenters. The summed E-state index contributed by atoms with van der Waals surface area (Å²) >= 11 is 0. The molecule has 1 heterocycles. The number of aliphatic hydroxyl groups is 1. The Balaban J connectivity index is 1.46. The van der Waals surface area contributed by atoms with E-state index in [0.717, 1.165) is 16.7 Å². The van der Waals surface area contributed by atoms with Crippen molar-refractivity contribution in [3.63, 3.8) is 0 Å². The quantitative estimate of drug-likeness (QED) is 0.565. The van der Waals surface area contributed by atoms with Gasteiger partial charge in [0.2, 0.25) is 0 Å². The predicted molar refractivity (Wildman–Crippen MR) is 117 cm³/mol. The van der Waals surface area contributed by atoms with Crippen molar-refractivity contribution in [2.45, 2.75) is 44.4 Å². The Kier molecular flexibility index (Phi) is 7.82. The largest absolute Gasteiger partial charge is 0.368 e. The van der Waals surface area contributed by atoms with E-state index >= 15 is 0 Å². The molecule has 4 atom stereocenters. The van der Waals surface area contributed by atoms with Crippen molar-refractivity contribution in [2.24, 2.45) is 0 Å². The number of ether oxygens (including phenoxy) is 4. The summed E-state index contributed by atoms with van der Waals surface area (Å²) in [5, 5.41) is 10.5. The third-order valence-corrected chi connectivity index (χ3v) is 5.28. The molecule has 5 heteroatoms. The molecule has 1 aliphatic rings. The van der Waals surface area contributed by atoms with Crippen LogP contribution in [-0.4, -0.2) is 36.3 Å². The highest BCUT2D eigenvalue weighted by Gasteiger charge is 2.42. The van der Waals surface area contributed by atoms with Crippen LogP contribution in [0.1, 0.15) is 16.7 Å². The van der Waals surface area contributed by atoms with Gasteiger partial charge in [0.25, 0.3) is 0 Å². The van der Waals surface area contributed by atoms with E-state index in [1.165, 1.54) is 0 Å². The van der Waals surface area contributed by atoms with E-state index in [1.54, 1.807) is 0 Å². The van der Waals surface area contributed by atoms with E-state index in [2.05, 4.69) is 0 Å². The van der Waals surface area contributed by atoms with Crippen molar-refractivity contribution in [1.29, 1.82) is 0 Å². The first-order chi connectivity index (χ1) is 15.3. The summed E-state index contributed by atoms with van der Waals surface area (Å²) < 4.78 is 24.1. The second-order valence-electron chi connectivity index (χ2n) is 7.58. The summed E-state index contributed by atoms with van der Waals surface area (Å²) in [4.78, 5) is 0. The molecule has 31 heavy (non-hydrogen) atoms. The molecule has 162 valence electrons. The van der Waals surface area contributed by atoms with Gasteiger partial charge < -0.3 is 24.1 Å². The molecular formula is C26H28O5. The maximum absolute atomic E-state index is 10.5. The van der Waals surface area contributed by atoms with Gasteiger partial charge in [0, 0.05) is 0 Å². The number of hydrogen-bond donors (Lipinski definition) is 1. The minimum Gasteiger partial charge on any atom is -0.368 e. The average molecular weight is 421 g/mol. The van der Waals surface area contributed by atoms with Gasteiger partial charge in [-0.1, -0.05) is 91.0 Å². The highest BCUT2D eigenvalue weighted by Crippen LogP contribution is 2.25. The van der Waals surface area contributed by atoms with Crippen LogP contribution in [0, 0.1) is 0 Å². The van der Waals surface area contributed by atoms with Crippen LogP contribution in [0.3, 0.4) is 0 Å². The molecule has 1 aliphatic heterocycles. The Hall–Kier alpha value is -2.54. The van der Waals surface area contributed by atoms with Gasteiger partial charge in [-0.15, -0.1) is 0 Å². The van der Waals surface area contributed by atoms with Crippen molar-refractivity contribution < 1.29 is 24.1 Å². The Morgan fingerprint density at radius 1 is 0.613 bits per heavy atom. The van der Waals surface area contributed by atoms with E-state index < -0.39 is 18.5 Å². The second-order valence-corrected chi connectivity index (χ2v) is 7.58. The molecular weight excluding hydrogens is 392 g/mol. The van der Waals surface area contributed by atoms with Gasteiger partial charge in [0.05, 0.1) is 26.4 Å². The van der Waals surface area contributed by atoms with Crippen LogP contribution in [0.25, 0.3) is 0 Å². The van der Waals surface area contributed by atoms with Gasteiger partial charge in [0.15, 0.2) is 6.29 Å². The highest BCUT2D eigenvalue weighted by atomic mass is 16.7. The standard InChI is InChI=1S/C26H28O5/c27-26-25(30-18-22-14-8-3-9-15-22)24(29-17-21-12-6-2-7-13-21)23(19-31-26)28-16-20-10-4-1-5-11-20/h1-15,23-27H,16-19H2/t23-,24?,25?,26-/m1/s1. The monoisotopic (exact) mass is 420 g/mol. The molecule has 0 bridgehead atoms. The van der Waals surface area contributed by atoms with Gasteiger partial charge in [-0.05, 0) is 16.7 Å². The highest BCUT2D eigenvalue weighted by molar-refractivity contribution is 5.15. The summed E-state index contributed by atoms with van der Waals surface area (Å²) in [6.07, 6.45) is -2.59. The van der Waals surface area contributed by atoms with E-state index in [4.69, 9.17) is 18.9 Å². The lowest BCUT2D eigenvalue weighted by molar-refractivity contribution is -0.286. The molecule has 1 fully saturated rings. The lowest BCUT2D eigenvalue weighted by Gasteiger charge is -2.40. The maximum Gasteiger partial charge on any atom is 0.183 e. The molecule has 5 nitrogen and oxygen atoms in total. The van der Waals surface area contributed by atoms with Gasteiger partial charge in [-0.3, -0.25) is 0 Å². The predicted octanol–water partition coefficient (Wildman–Crippen LogP) is 4.09. The van der Waals surface area contributed by atoms with Crippen molar-refractivity contribution in [2.75, 3.05) is 6.61 Å². The summed E-state index contributed by atoms with van der Waals surface area (Å²) in [7, 11) is 0. The van der Waals surface area contributed by atoms with Crippen molar-refractivity contribution >= 4 is 0 Å². The molecule has 0 spiro atoms. The van der Waals surface area contributed by atoms with E-state index in [1.807, 2.05) is 91.0 Å². The SMILES string of the molecule is O[C@@H]1OC[C@@H](OCc2ccccc2)C(OCc2ccccc2)C1OCc1ccccc1. The van der Waals surface area contributed by atoms with Crippen LogP contribution in [0.15, 0.2) is 91.0 Å². The molecule has 1 saturated heterocycles. The molecule has 3 aromatic carbocycles. The number of aliphatic hydroxyl groups excluding tert-OH is 1. The minimum atomic E-state index is -1.08. The summed E-state index contributed by atoms with van der Waals surface area (Å²) in [6, 6.07) is 29.8. The number of benzene rings is 3. The van der Waals surface area contributed by atoms with Gasteiger partial charge in [-0.2, -0.15) is 0 Å². The van der Waals surface area contributed by atoms with E-state index in [0.29, 0.717) is 19.8 Å². The topological polar surface area (TPSA) is 57.2 Å². The fourth-order valence-electron chi connectivity index (χ4n) is 3.59. The normalized spacial score (nSPS) is 23.5. The molecule has 0 amide bonds. The van der Waals surface area contributed by atoms with Gasteiger partial charge >= 0.3 is 0 Å². The molecule has 0 saturated carbocycles. The third-order valence-electron chi connectivity index (χ3n) is 5.28. The van der Waals surface area contributed by atoms with Crippen LogP contribution >= 0.6 is 0 Å². The van der Waals surface area contributed by atoms with Crippen LogP contribution in [0.5, 0.6) is 0 Å². The first kappa shape index (κ1) is 21.7. The van der Waals surface area contributed by atoms with Crippen LogP contribution in [-0.2, 0) is 38.8 Å². The zero-order valence-electron chi connectivity index (χ0n) is 17.4. The first-order valence-corrected chi connectivity index (χ1v) is 10.6. The average Bonchev–Trinajstić information content (AvgIpc) is 2.83. The summed E-state index contributed by atoms with van der Waals surface area (Å²) in [5.41, 5.74) is 3.13. The van der Waals surface area contributed by atoms with E-state index in [9.17, 15) is 5.11 Å². The Labute approximate surface area is 183 Å². The van der Waals surface area contributed by atoms with E-state index in [-0.39, 0.29) is 12.7 Å². The first-order valence-electron chi connectivity index (χ1n) is 10.6. The van der Waals surface area contributed by atoms with Crippen molar-refractivity contribution in [1.82, 2.24) is 0 Å². The van der Waals surface area contributed by atoms with Crippen LogP contribution < -0.4 is 0 Å². The smallest absolute Gasteiger partial charge is 0.183 e. The lowest BCUT2D eigenvalue weighted by Crippen LogP contribution is -2.56. The van der Waals surface area contributed by atoms with Crippen LogP contribution in [0.4, 0.5) is 0 Å². The molecule has 0 radical (unpaired) electrons. The lowest BCUT2D eigenvalue weighted by atomic mass is 10.0. The maximum atomic E-state index is 10.5.